The van der Waals surface area contributed by atoms with E-state index in [0.29, 0.717) is 102 Å². The van der Waals surface area contributed by atoms with E-state index in [9.17, 15) is 59.1 Å². The lowest BCUT2D eigenvalue weighted by Crippen LogP contribution is -2.57. The Morgan fingerprint density at radius 2 is 1.44 bits per heavy atom. The first kappa shape index (κ1) is 85.4. The molecule has 1 aliphatic carbocycles. The molecule has 5 N–H and O–H groups in total. The minimum absolute atomic E-state index is 0.0209. The number of aryl methyl sites for hydroxylation is 1. The second kappa shape index (κ2) is 37.9. The number of halogens is 4. The van der Waals surface area contributed by atoms with Crippen molar-refractivity contribution in [2.45, 2.75) is 163 Å². The number of carbonyl (C=O) groups excluding carboxylic acids is 5. The van der Waals surface area contributed by atoms with Gasteiger partial charge in [-0.3, -0.25) is 38.7 Å². The van der Waals surface area contributed by atoms with Crippen LogP contribution in [0.2, 0.25) is 5.02 Å². The van der Waals surface area contributed by atoms with E-state index < -0.39 is 82.3 Å². The van der Waals surface area contributed by atoms with Crippen molar-refractivity contribution < 1.29 is 63.8 Å². The molecule has 0 saturated carbocycles. The number of benzene rings is 5. The highest BCUT2D eigenvalue weighted by Crippen LogP contribution is 2.45. The number of piperazine rings is 2. The Labute approximate surface area is 670 Å². The van der Waals surface area contributed by atoms with Gasteiger partial charge in [0.15, 0.2) is 0 Å². The maximum atomic E-state index is 14.4. The highest BCUT2D eigenvalue weighted by Gasteiger charge is 2.49. The largest absolute Gasteiger partial charge is 0.501 e. The summed E-state index contributed by atoms with van der Waals surface area (Å²) < 4.78 is 105. The van der Waals surface area contributed by atoms with Crippen molar-refractivity contribution in [2.75, 3.05) is 121 Å². The van der Waals surface area contributed by atoms with Gasteiger partial charge in [-0.15, -0.1) is 23.1 Å². The van der Waals surface area contributed by atoms with Crippen LogP contribution in [-0.2, 0) is 43.8 Å². The number of hydrogen-bond acceptors (Lipinski definition) is 19. The lowest BCUT2D eigenvalue weighted by molar-refractivity contribution is -0.144. The van der Waals surface area contributed by atoms with Gasteiger partial charge in [-0.05, 0) is 152 Å². The number of amides is 5. The van der Waals surface area contributed by atoms with Crippen LogP contribution >= 0.6 is 34.7 Å². The van der Waals surface area contributed by atoms with Gasteiger partial charge in [0, 0.05) is 144 Å². The van der Waals surface area contributed by atoms with Gasteiger partial charge in [-0.2, -0.15) is 13.2 Å². The third-order valence-electron chi connectivity index (χ3n) is 22.0. The van der Waals surface area contributed by atoms with Crippen LogP contribution in [0.25, 0.3) is 16.0 Å². The second-order valence-electron chi connectivity index (χ2n) is 31.6. The van der Waals surface area contributed by atoms with Crippen molar-refractivity contribution in [2.24, 2.45) is 10.8 Å². The Balaban J connectivity index is 0.620. The van der Waals surface area contributed by atoms with Gasteiger partial charge >= 0.3 is 5.51 Å². The molecule has 5 amide bonds. The average molecular weight is 1640 g/mol. The fourth-order valence-corrected chi connectivity index (χ4v) is 19.5. The lowest BCUT2D eigenvalue weighted by Gasteiger charge is -2.44. The molecular formula is C82H105ClF3N11O11S4. The van der Waals surface area contributed by atoms with Gasteiger partial charge in [0.25, 0.3) is 25.8 Å². The van der Waals surface area contributed by atoms with Crippen LogP contribution in [0.1, 0.15) is 138 Å². The number of thiazole rings is 1. The summed E-state index contributed by atoms with van der Waals surface area (Å²) in [7, 11) is -11.0. The van der Waals surface area contributed by atoms with Crippen LogP contribution in [-0.4, -0.2) is 221 Å². The molecule has 5 heterocycles. The molecule has 606 valence electrons. The maximum Gasteiger partial charge on any atom is 0.501 e. The predicted octanol–water partition coefficient (Wildman–Crippen LogP) is 12.1. The molecule has 5 aromatic carbocycles. The second-order valence-corrected chi connectivity index (χ2v) is 37.6. The van der Waals surface area contributed by atoms with Crippen LogP contribution in [0.4, 0.5) is 24.5 Å². The fourth-order valence-electron chi connectivity index (χ4n) is 15.5. The summed E-state index contributed by atoms with van der Waals surface area (Å²) in [6.45, 7) is 21.9. The number of likely N-dealkylation sites (tertiary alicyclic amines) is 1. The minimum Gasteiger partial charge on any atom is -0.391 e. The molecule has 0 spiro atoms. The van der Waals surface area contributed by atoms with Crippen molar-refractivity contribution in [1.29, 1.82) is 0 Å². The molecule has 6 aromatic rings. The van der Waals surface area contributed by atoms with Gasteiger partial charge in [0.05, 0.1) is 52.0 Å². The summed E-state index contributed by atoms with van der Waals surface area (Å²) in [6, 6.07) is 31.3. The number of allylic oxidation sites excluding steroid dienone is 1. The molecule has 5 aliphatic rings. The Bertz CT molecular complexity index is 4500. The Morgan fingerprint density at radius 1 is 0.777 bits per heavy atom. The summed E-state index contributed by atoms with van der Waals surface area (Å²) >= 11 is 9.40. The molecule has 4 fully saturated rings. The number of nitrogens with zero attached hydrogens (tertiary/aromatic N) is 7. The number of aliphatic hydroxyl groups excluding tert-OH is 1. The molecular weight excluding hydrogens is 1540 g/mol. The van der Waals surface area contributed by atoms with E-state index in [1.54, 1.807) is 23.5 Å². The lowest BCUT2D eigenvalue weighted by atomic mass is 9.71. The summed E-state index contributed by atoms with van der Waals surface area (Å²) in [6.07, 6.45) is 5.77. The Kier molecular flexibility index (Phi) is 28.9. The van der Waals surface area contributed by atoms with Gasteiger partial charge in [-0.25, -0.2) is 26.5 Å². The van der Waals surface area contributed by atoms with Crippen LogP contribution in [0, 0.1) is 17.8 Å². The number of β-amino-alcohol motifs (C(OH)–C–C–N with tert-alkyl or cyclic N) is 1. The molecule has 0 radical (unpaired) electrons. The van der Waals surface area contributed by atoms with E-state index >= 15 is 0 Å². The number of sulfonamides is 1. The number of nitrogens with one attached hydrogen (secondary N) is 4. The van der Waals surface area contributed by atoms with E-state index in [2.05, 4.69) is 59.6 Å². The van der Waals surface area contributed by atoms with E-state index in [0.717, 1.165) is 121 Å². The number of ether oxygens (including phenoxy) is 1. The number of morpholine rings is 1. The third-order valence-corrected chi connectivity index (χ3v) is 27.2. The highest BCUT2D eigenvalue weighted by atomic mass is 35.5. The van der Waals surface area contributed by atoms with Crippen LogP contribution in [0.5, 0.6) is 0 Å². The van der Waals surface area contributed by atoms with Gasteiger partial charge in [0.1, 0.15) is 17.0 Å². The van der Waals surface area contributed by atoms with Crippen molar-refractivity contribution in [3.05, 3.63) is 160 Å². The first-order valence-corrected chi connectivity index (χ1v) is 43.9. The van der Waals surface area contributed by atoms with Gasteiger partial charge in [0.2, 0.25) is 23.6 Å². The maximum absolute atomic E-state index is 14.4. The van der Waals surface area contributed by atoms with Crippen molar-refractivity contribution in [1.82, 2.24) is 44.8 Å². The molecule has 22 nitrogen and oxygen atoms in total. The van der Waals surface area contributed by atoms with Crippen molar-refractivity contribution in [3.63, 3.8) is 0 Å². The molecule has 112 heavy (non-hydrogen) atoms. The number of thioether (sulfide) groups is 1. The quantitative estimate of drug-likeness (QED) is 0.0200. The molecule has 11 rings (SSSR count). The summed E-state index contributed by atoms with van der Waals surface area (Å²) in [5.74, 6) is -1.64. The summed E-state index contributed by atoms with van der Waals surface area (Å²) in [5, 5.41) is 20.5. The number of rotatable bonds is 31. The monoisotopic (exact) mass is 1640 g/mol. The van der Waals surface area contributed by atoms with Gasteiger partial charge in [-0.1, -0.05) is 112 Å². The zero-order valence-corrected chi connectivity index (χ0v) is 68.6. The highest BCUT2D eigenvalue weighted by molar-refractivity contribution is 7.99. The smallest absolute Gasteiger partial charge is 0.391 e. The number of aromatic nitrogens is 1. The fraction of sp³-hybridized carbons (Fsp3) is 0.512. The zero-order chi connectivity index (χ0) is 80.1. The van der Waals surface area contributed by atoms with Crippen molar-refractivity contribution in [3.8, 4) is 10.4 Å². The van der Waals surface area contributed by atoms with E-state index in [-0.39, 0.29) is 54.1 Å². The predicted molar refractivity (Wildman–Crippen MR) is 433 cm³/mol. The SMILES string of the molecule is Cc1ncsc1-c1ccc([C@H](C)NC(=O)[C@@H]2C[C@@H](O)CN2C(=O)[C@H](NC(=O)CCCCCCC(=O)N2CCN(C[C@]3(C)CCC(c4ccc(Cl)cc4)=C(CN4CCN(c5ccc(C(=O)NS(=O)(=O)c6ccc(N[C@H](CCN7CCOCC7)CSc7ccccc7)c(S(=O)(=O)C(F)(F)F)c6)cc5)CC4)C3)CC2)C(C)(C)C)cc1. The van der Waals surface area contributed by atoms with E-state index in [1.807, 2.05) is 116 Å². The Morgan fingerprint density at radius 3 is 2.09 bits per heavy atom. The first-order chi connectivity index (χ1) is 53.3. The van der Waals surface area contributed by atoms with Gasteiger partial charge < -0.3 is 40.5 Å². The molecule has 4 saturated heterocycles. The van der Waals surface area contributed by atoms with Crippen LogP contribution < -0.4 is 25.6 Å². The molecule has 0 unspecified atom stereocenters. The van der Waals surface area contributed by atoms with Crippen LogP contribution in [0.3, 0.4) is 0 Å². The zero-order valence-electron chi connectivity index (χ0n) is 64.6. The number of alkyl halides is 3. The molecule has 0 bridgehead atoms. The normalized spacial score (nSPS) is 20.1. The number of aliphatic hydroxyl groups is 1. The topological polar surface area (TPSA) is 264 Å². The number of unbranched alkanes of at least 4 members (excludes halogenated alkanes) is 3. The molecule has 4 aliphatic heterocycles. The third kappa shape index (κ3) is 22.6. The number of sulfone groups is 1. The minimum atomic E-state index is -6.11. The standard InChI is InChI=1S/C82H105ClF3N11O11S4/c1-56(58-18-20-60(21-19-58)75-57(2)87-55-110-75)88-78(102)71-48-66(98)52-97(71)79(103)76(80(3,4)5)90-73(99)16-12-7-8-13-17-74(100)96-42-38-94(39-43-96)54-81(6)34-32-69(59-22-26-63(83)27-23-59)62(50-81)51-93-36-40-95(41-37-93)65-28-24-61(25-29-65)77(101)91-112(106,107)68-30-31-70(72(49-68)111(104,105)82(84,85)86)89-64(33-35-92-44-46-108-47-45-92)53-109-67-14-10-9-11-15-67/h9-11,14-15,18-31,49,55-56,64,66,71,76,89,98H,7-8,12-13,16-17,32-48,50-54H2,1-6H3,(H,88,102)(H,90,99)(H,91,101)/t56-,64+,66+,71-,76-,81+/m0/s1. The Hall–Kier alpha value is -7.45. The number of hydrogen-bond donors (Lipinski definition) is 5. The number of carbonyl (C=O) groups is 5. The van der Waals surface area contributed by atoms with Crippen molar-refractivity contribution >= 4 is 101 Å². The van der Waals surface area contributed by atoms with E-state index in [4.69, 9.17) is 16.3 Å². The van der Waals surface area contributed by atoms with E-state index in [1.165, 1.54) is 39.9 Å². The number of anilines is 2. The average Bonchev–Trinajstić information content (AvgIpc) is 0.938. The molecule has 30 heteroatoms. The van der Waals surface area contributed by atoms with Crippen LogP contribution in [0.15, 0.2) is 147 Å². The first-order valence-electron chi connectivity index (χ1n) is 38.7. The summed E-state index contributed by atoms with van der Waals surface area (Å²) in [5.41, 5.74) is 2.37. The molecule has 1 aromatic heterocycles. The molecule has 6 atom stereocenters. The summed E-state index contributed by atoms with van der Waals surface area (Å²) in [4.78, 5) is 85.8.